The number of nitrogens with one attached hydrogen (secondary N) is 1. The lowest BCUT2D eigenvalue weighted by atomic mass is 10.2. The first-order valence-electron chi connectivity index (χ1n) is 4.61. The summed E-state index contributed by atoms with van der Waals surface area (Å²) in [6.07, 6.45) is 0. The van der Waals surface area contributed by atoms with E-state index in [9.17, 15) is 0 Å². The van der Waals surface area contributed by atoms with Gasteiger partial charge in [0.15, 0.2) is 11.6 Å². The summed E-state index contributed by atoms with van der Waals surface area (Å²) < 4.78 is 0. The van der Waals surface area contributed by atoms with E-state index >= 15 is 0 Å². The molecular weight excluding hydrogens is 192 g/mol. The standard InChI is InChI=1S/C9H14N6/c1-5(2)4-13-9-7(11)8(12)14-6(3-10)15-9/h5H,4,11H2,1-2H3,(H3,12,13,14,15). The van der Waals surface area contributed by atoms with Crippen molar-refractivity contribution >= 4 is 17.3 Å². The van der Waals surface area contributed by atoms with Gasteiger partial charge in [-0.25, -0.2) is 0 Å². The van der Waals surface area contributed by atoms with Gasteiger partial charge in [-0.15, -0.1) is 0 Å². The van der Waals surface area contributed by atoms with Gasteiger partial charge in [0.2, 0.25) is 5.82 Å². The number of rotatable bonds is 3. The molecule has 0 aliphatic carbocycles. The zero-order valence-electron chi connectivity index (χ0n) is 8.78. The molecule has 0 aromatic carbocycles. The van der Waals surface area contributed by atoms with Gasteiger partial charge in [0.25, 0.3) is 0 Å². The minimum absolute atomic E-state index is 0.0213. The van der Waals surface area contributed by atoms with Crippen molar-refractivity contribution < 1.29 is 0 Å². The Balaban J connectivity index is 2.96. The van der Waals surface area contributed by atoms with Gasteiger partial charge in [-0.1, -0.05) is 13.8 Å². The molecule has 80 valence electrons. The molecule has 0 radical (unpaired) electrons. The van der Waals surface area contributed by atoms with Crippen LogP contribution in [0.1, 0.15) is 19.7 Å². The predicted octanol–water partition coefficient (Wildman–Crippen LogP) is 0.581. The van der Waals surface area contributed by atoms with Crippen LogP contribution in [0.2, 0.25) is 0 Å². The summed E-state index contributed by atoms with van der Waals surface area (Å²) >= 11 is 0. The van der Waals surface area contributed by atoms with E-state index in [0.717, 1.165) is 0 Å². The van der Waals surface area contributed by atoms with Gasteiger partial charge in [0, 0.05) is 6.54 Å². The van der Waals surface area contributed by atoms with Crippen LogP contribution >= 0.6 is 0 Å². The number of aromatic nitrogens is 2. The largest absolute Gasteiger partial charge is 0.393 e. The molecule has 0 saturated heterocycles. The lowest BCUT2D eigenvalue weighted by molar-refractivity contribution is 0.687. The number of hydrogen-bond acceptors (Lipinski definition) is 6. The van der Waals surface area contributed by atoms with Crippen molar-refractivity contribution in [1.29, 1.82) is 5.26 Å². The van der Waals surface area contributed by atoms with E-state index in [-0.39, 0.29) is 17.3 Å². The first-order chi connectivity index (χ1) is 7.04. The third-order valence-corrected chi connectivity index (χ3v) is 1.75. The number of nitrogens with zero attached hydrogens (tertiary/aromatic N) is 3. The first kappa shape index (κ1) is 11.0. The van der Waals surface area contributed by atoms with E-state index in [2.05, 4.69) is 29.1 Å². The molecule has 0 aliphatic rings. The SMILES string of the molecule is CC(C)CNc1nc(C#N)nc(N)c1N. The highest BCUT2D eigenvalue weighted by molar-refractivity contribution is 5.73. The van der Waals surface area contributed by atoms with Gasteiger partial charge >= 0.3 is 0 Å². The highest BCUT2D eigenvalue weighted by atomic mass is 15.1. The second-order valence-electron chi connectivity index (χ2n) is 3.58. The molecule has 0 amide bonds. The van der Waals surface area contributed by atoms with Crippen molar-refractivity contribution in [3.63, 3.8) is 0 Å². The Morgan fingerprint density at radius 2 is 2.07 bits per heavy atom. The molecule has 15 heavy (non-hydrogen) atoms. The van der Waals surface area contributed by atoms with Gasteiger partial charge < -0.3 is 16.8 Å². The summed E-state index contributed by atoms with van der Waals surface area (Å²) in [4.78, 5) is 7.65. The van der Waals surface area contributed by atoms with E-state index in [4.69, 9.17) is 16.7 Å². The van der Waals surface area contributed by atoms with Crippen LogP contribution in [0.5, 0.6) is 0 Å². The fourth-order valence-electron chi connectivity index (χ4n) is 0.972. The van der Waals surface area contributed by atoms with Crippen molar-refractivity contribution in [1.82, 2.24) is 9.97 Å². The third-order valence-electron chi connectivity index (χ3n) is 1.75. The Bertz CT molecular complexity index is 392. The van der Waals surface area contributed by atoms with E-state index in [1.807, 2.05) is 6.07 Å². The zero-order valence-corrected chi connectivity index (χ0v) is 8.78. The molecule has 0 unspecified atom stereocenters. The van der Waals surface area contributed by atoms with Gasteiger partial charge in [-0.05, 0) is 5.92 Å². The Morgan fingerprint density at radius 1 is 1.40 bits per heavy atom. The normalized spacial score (nSPS) is 10.0. The van der Waals surface area contributed by atoms with Crippen LogP contribution in [0, 0.1) is 17.2 Å². The van der Waals surface area contributed by atoms with Crippen molar-refractivity contribution in [2.45, 2.75) is 13.8 Å². The lowest BCUT2D eigenvalue weighted by Gasteiger charge is -2.11. The summed E-state index contributed by atoms with van der Waals surface area (Å²) in [6.45, 7) is 4.82. The van der Waals surface area contributed by atoms with Crippen LogP contribution in [0.3, 0.4) is 0 Å². The summed E-state index contributed by atoms with van der Waals surface area (Å²) in [7, 11) is 0. The summed E-state index contributed by atoms with van der Waals surface area (Å²) in [5.41, 5.74) is 11.5. The summed E-state index contributed by atoms with van der Waals surface area (Å²) in [5, 5.41) is 11.7. The van der Waals surface area contributed by atoms with Crippen LogP contribution in [0.25, 0.3) is 0 Å². The second-order valence-corrected chi connectivity index (χ2v) is 3.58. The van der Waals surface area contributed by atoms with Crippen LogP contribution in [-0.4, -0.2) is 16.5 Å². The molecule has 1 aromatic heterocycles. The Morgan fingerprint density at radius 3 is 2.60 bits per heavy atom. The Hall–Kier alpha value is -2.03. The molecule has 5 N–H and O–H groups in total. The summed E-state index contributed by atoms with van der Waals surface area (Å²) in [5.74, 6) is 1.03. The van der Waals surface area contributed by atoms with Crippen molar-refractivity contribution in [3.8, 4) is 6.07 Å². The van der Waals surface area contributed by atoms with Gasteiger partial charge in [-0.2, -0.15) is 15.2 Å². The Kier molecular flexibility index (Phi) is 3.29. The maximum Gasteiger partial charge on any atom is 0.236 e. The number of nitrogen functional groups attached to an aromatic ring is 2. The fraction of sp³-hybridized carbons (Fsp3) is 0.444. The van der Waals surface area contributed by atoms with Crippen LogP contribution in [0.4, 0.5) is 17.3 Å². The van der Waals surface area contributed by atoms with E-state index in [1.165, 1.54) is 0 Å². The van der Waals surface area contributed by atoms with Crippen molar-refractivity contribution in [2.75, 3.05) is 23.3 Å². The molecule has 6 heteroatoms. The highest BCUT2D eigenvalue weighted by Gasteiger charge is 2.09. The minimum Gasteiger partial charge on any atom is -0.393 e. The monoisotopic (exact) mass is 206 g/mol. The van der Waals surface area contributed by atoms with Gasteiger partial charge in [0.1, 0.15) is 11.8 Å². The summed E-state index contributed by atoms with van der Waals surface area (Å²) in [6, 6.07) is 1.83. The highest BCUT2D eigenvalue weighted by Crippen LogP contribution is 2.20. The number of nitrogens with two attached hydrogens (primary N) is 2. The molecule has 1 heterocycles. The van der Waals surface area contributed by atoms with Gasteiger partial charge in [-0.3, -0.25) is 0 Å². The molecule has 0 bridgehead atoms. The van der Waals surface area contributed by atoms with Gasteiger partial charge in [0.05, 0.1) is 0 Å². The number of hydrogen-bond donors (Lipinski definition) is 3. The van der Waals surface area contributed by atoms with Crippen LogP contribution in [-0.2, 0) is 0 Å². The Labute approximate surface area is 88.3 Å². The quantitative estimate of drug-likeness (QED) is 0.666. The molecule has 1 aromatic rings. The van der Waals surface area contributed by atoms with E-state index < -0.39 is 0 Å². The zero-order chi connectivity index (χ0) is 11.4. The van der Waals surface area contributed by atoms with Crippen molar-refractivity contribution in [2.24, 2.45) is 5.92 Å². The molecule has 0 fully saturated rings. The second kappa shape index (κ2) is 4.46. The molecule has 1 rings (SSSR count). The topological polar surface area (TPSA) is 114 Å². The molecule has 0 aliphatic heterocycles. The molecule has 6 nitrogen and oxygen atoms in total. The van der Waals surface area contributed by atoms with E-state index in [0.29, 0.717) is 18.3 Å². The van der Waals surface area contributed by atoms with Crippen LogP contribution < -0.4 is 16.8 Å². The molecule has 0 atom stereocenters. The van der Waals surface area contributed by atoms with Crippen LogP contribution in [0.15, 0.2) is 0 Å². The smallest absolute Gasteiger partial charge is 0.236 e. The maximum atomic E-state index is 8.66. The molecular formula is C9H14N6. The third kappa shape index (κ3) is 2.71. The molecule has 0 saturated carbocycles. The molecule has 0 spiro atoms. The average molecular weight is 206 g/mol. The minimum atomic E-state index is 0.0213. The van der Waals surface area contributed by atoms with Crippen molar-refractivity contribution in [3.05, 3.63) is 5.82 Å². The predicted molar refractivity (Wildman–Crippen MR) is 58.9 cm³/mol. The van der Waals surface area contributed by atoms with E-state index in [1.54, 1.807) is 0 Å². The number of nitriles is 1. The first-order valence-corrected chi connectivity index (χ1v) is 4.61. The number of anilines is 3. The maximum absolute atomic E-state index is 8.66. The lowest BCUT2D eigenvalue weighted by Crippen LogP contribution is -2.13. The average Bonchev–Trinajstić information content (AvgIpc) is 2.19. The fourth-order valence-corrected chi connectivity index (χ4v) is 0.972.